The number of nitrogens with zero attached hydrogens (tertiary/aromatic N) is 3. The van der Waals surface area contributed by atoms with Gasteiger partial charge in [-0.15, -0.1) is 0 Å². The van der Waals surface area contributed by atoms with Crippen LogP contribution in [0.15, 0.2) is 18.2 Å². The Kier molecular flexibility index (Phi) is 5.24. The summed E-state index contributed by atoms with van der Waals surface area (Å²) < 4.78 is 0. The number of halogens is 1. The first-order valence-electron chi connectivity index (χ1n) is 7.59. The van der Waals surface area contributed by atoms with Gasteiger partial charge in [-0.1, -0.05) is 17.7 Å². The van der Waals surface area contributed by atoms with Gasteiger partial charge in [0.15, 0.2) is 0 Å². The van der Waals surface area contributed by atoms with E-state index in [1.54, 1.807) is 0 Å². The number of hydrogen-bond acceptors (Lipinski definition) is 4. The molecule has 1 aromatic carbocycles. The second-order valence-corrected chi connectivity index (χ2v) is 5.84. The predicted octanol–water partition coefficient (Wildman–Crippen LogP) is 4.65. The largest absolute Gasteiger partial charge is 0.341 e. The summed E-state index contributed by atoms with van der Waals surface area (Å²) in [7, 11) is 0. The fourth-order valence-corrected chi connectivity index (χ4v) is 2.84. The van der Waals surface area contributed by atoms with Gasteiger partial charge in [0.05, 0.1) is 10.7 Å². The Bertz CT molecular complexity index is 643. The molecule has 0 radical (unpaired) electrons. The molecule has 5 heteroatoms. The molecule has 0 bridgehead atoms. The smallest absolute Gasteiger partial charge is 0.227 e. The first-order chi connectivity index (χ1) is 10.4. The summed E-state index contributed by atoms with van der Waals surface area (Å²) in [4.78, 5) is 11.3. The summed E-state index contributed by atoms with van der Waals surface area (Å²) in [6.07, 6.45) is 0. The van der Waals surface area contributed by atoms with Crippen molar-refractivity contribution in [1.29, 1.82) is 0 Å². The van der Waals surface area contributed by atoms with Crippen LogP contribution in [0.3, 0.4) is 0 Å². The molecule has 0 aliphatic carbocycles. The number of rotatable bonds is 5. The molecule has 0 amide bonds. The molecule has 22 heavy (non-hydrogen) atoms. The molecule has 0 spiro atoms. The highest BCUT2D eigenvalue weighted by atomic mass is 35.5. The summed E-state index contributed by atoms with van der Waals surface area (Å²) in [6.45, 7) is 12.0. The van der Waals surface area contributed by atoms with Gasteiger partial charge in [-0.05, 0) is 51.8 Å². The first kappa shape index (κ1) is 16.6. The van der Waals surface area contributed by atoms with Crippen LogP contribution in [0, 0.1) is 20.8 Å². The van der Waals surface area contributed by atoms with Crippen molar-refractivity contribution in [2.75, 3.05) is 23.3 Å². The molecule has 0 saturated heterocycles. The van der Waals surface area contributed by atoms with Crippen molar-refractivity contribution in [2.45, 2.75) is 34.6 Å². The molecule has 2 aromatic rings. The van der Waals surface area contributed by atoms with Crippen LogP contribution in [0.4, 0.5) is 17.5 Å². The van der Waals surface area contributed by atoms with E-state index in [4.69, 9.17) is 11.6 Å². The number of hydrogen-bond donors (Lipinski definition) is 1. The summed E-state index contributed by atoms with van der Waals surface area (Å²) in [6, 6.07) is 5.99. The second-order valence-electron chi connectivity index (χ2n) is 5.43. The fraction of sp³-hybridized carbons (Fsp3) is 0.412. The van der Waals surface area contributed by atoms with Gasteiger partial charge in [0, 0.05) is 24.8 Å². The normalized spacial score (nSPS) is 10.6. The van der Waals surface area contributed by atoms with E-state index in [-0.39, 0.29) is 0 Å². The lowest BCUT2D eigenvalue weighted by molar-refractivity contribution is 0.817. The Morgan fingerprint density at radius 3 is 2.32 bits per heavy atom. The standard InChI is InChI=1S/C17H23ClN4/c1-6-22(7-2)17-19-13(5)10-15(21-17)20-16-12(4)8-11(3)9-14(16)18/h8-10H,6-7H2,1-5H3,(H,19,20,21). The Morgan fingerprint density at radius 1 is 1.05 bits per heavy atom. The average molecular weight is 319 g/mol. The van der Waals surface area contributed by atoms with Crippen molar-refractivity contribution in [3.05, 3.63) is 40.0 Å². The average Bonchev–Trinajstić information content (AvgIpc) is 2.43. The van der Waals surface area contributed by atoms with Gasteiger partial charge in [0.2, 0.25) is 5.95 Å². The van der Waals surface area contributed by atoms with E-state index in [0.29, 0.717) is 5.02 Å². The van der Waals surface area contributed by atoms with Gasteiger partial charge < -0.3 is 10.2 Å². The van der Waals surface area contributed by atoms with Crippen molar-refractivity contribution in [3.63, 3.8) is 0 Å². The monoisotopic (exact) mass is 318 g/mol. The van der Waals surface area contributed by atoms with Gasteiger partial charge in [-0.25, -0.2) is 4.98 Å². The molecule has 4 nitrogen and oxygen atoms in total. The third kappa shape index (κ3) is 3.69. The minimum Gasteiger partial charge on any atom is -0.341 e. The van der Waals surface area contributed by atoms with Crippen molar-refractivity contribution in [3.8, 4) is 0 Å². The topological polar surface area (TPSA) is 41.1 Å². The molecule has 0 aliphatic rings. The Labute approximate surface area is 137 Å². The quantitative estimate of drug-likeness (QED) is 0.871. The highest BCUT2D eigenvalue weighted by Crippen LogP contribution is 2.30. The number of nitrogens with one attached hydrogen (secondary N) is 1. The molecule has 0 fully saturated rings. The van der Waals surface area contributed by atoms with E-state index < -0.39 is 0 Å². The Morgan fingerprint density at radius 2 is 1.73 bits per heavy atom. The van der Waals surface area contributed by atoms with Crippen molar-refractivity contribution < 1.29 is 0 Å². The first-order valence-corrected chi connectivity index (χ1v) is 7.96. The van der Waals surface area contributed by atoms with E-state index >= 15 is 0 Å². The molecule has 118 valence electrons. The number of anilines is 3. The lowest BCUT2D eigenvalue weighted by atomic mass is 10.1. The lowest BCUT2D eigenvalue weighted by Crippen LogP contribution is -2.24. The zero-order valence-corrected chi connectivity index (χ0v) is 14.6. The van der Waals surface area contributed by atoms with Crippen LogP contribution in [-0.2, 0) is 0 Å². The van der Waals surface area contributed by atoms with Crippen LogP contribution in [0.2, 0.25) is 5.02 Å². The molecule has 1 heterocycles. The molecular formula is C17H23ClN4. The van der Waals surface area contributed by atoms with Crippen LogP contribution in [0.1, 0.15) is 30.7 Å². The maximum absolute atomic E-state index is 6.37. The second kappa shape index (κ2) is 6.97. The third-order valence-electron chi connectivity index (χ3n) is 3.57. The molecule has 0 aliphatic heterocycles. The van der Waals surface area contributed by atoms with E-state index in [9.17, 15) is 0 Å². The minimum atomic E-state index is 0.707. The SMILES string of the molecule is CCN(CC)c1nc(C)cc(Nc2c(C)cc(C)cc2Cl)n1. The van der Waals surface area contributed by atoms with Crippen LogP contribution in [0.5, 0.6) is 0 Å². The van der Waals surface area contributed by atoms with Crippen molar-refractivity contribution in [1.82, 2.24) is 9.97 Å². The van der Waals surface area contributed by atoms with Gasteiger partial charge in [0.25, 0.3) is 0 Å². The number of benzene rings is 1. The van der Waals surface area contributed by atoms with Crippen LogP contribution < -0.4 is 10.2 Å². The fourth-order valence-electron chi connectivity index (χ4n) is 2.47. The third-order valence-corrected chi connectivity index (χ3v) is 3.87. The number of aromatic nitrogens is 2. The Hall–Kier alpha value is -1.81. The summed E-state index contributed by atoms with van der Waals surface area (Å²) in [5.41, 5.74) is 4.08. The van der Waals surface area contributed by atoms with E-state index in [2.05, 4.69) is 40.1 Å². The maximum atomic E-state index is 6.37. The van der Waals surface area contributed by atoms with Gasteiger partial charge in [0.1, 0.15) is 5.82 Å². The zero-order chi connectivity index (χ0) is 16.3. The summed E-state index contributed by atoms with van der Waals surface area (Å²) in [5.74, 6) is 1.51. The summed E-state index contributed by atoms with van der Waals surface area (Å²) >= 11 is 6.37. The van der Waals surface area contributed by atoms with Crippen LogP contribution >= 0.6 is 11.6 Å². The van der Waals surface area contributed by atoms with Crippen molar-refractivity contribution >= 4 is 29.1 Å². The molecule has 1 N–H and O–H groups in total. The van der Waals surface area contributed by atoms with Gasteiger partial charge >= 0.3 is 0 Å². The van der Waals surface area contributed by atoms with E-state index in [1.807, 2.05) is 32.9 Å². The minimum absolute atomic E-state index is 0.707. The van der Waals surface area contributed by atoms with E-state index in [1.165, 1.54) is 0 Å². The molecule has 0 atom stereocenters. The Balaban J connectivity index is 2.38. The molecular weight excluding hydrogens is 296 g/mol. The molecule has 0 saturated carbocycles. The van der Waals surface area contributed by atoms with Crippen LogP contribution in [-0.4, -0.2) is 23.1 Å². The highest BCUT2D eigenvalue weighted by molar-refractivity contribution is 6.33. The molecule has 2 rings (SSSR count). The lowest BCUT2D eigenvalue weighted by Gasteiger charge is -2.20. The molecule has 1 aromatic heterocycles. The van der Waals surface area contributed by atoms with Crippen molar-refractivity contribution in [2.24, 2.45) is 0 Å². The van der Waals surface area contributed by atoms with E-state index in [0.717, 1.165) is 47.4 Å². The highest BCUT2D eigenvalue weighted by Gasteiger charge is 2.11. The zero-order valence-electron chi connectivity index (χ0n) is 13.9. The maximum Gasteiger partial charge on any atom is 0.227 e. The molecule has 0 unspecified atom stereocenters. The van der Waals surface area contributed by atoms with Gasteiger partial charge in [-0.2, -0.15) is 4.98 Å². The number of aryl methyl sites for hydroxylation is 3. The van der Waals surface area contributed by atoms with Gasteiger partial charge in [-0.3, -0.25) is 0 Å². The van der Waals surface area contributed by atoms with Crippen LogP contribution in [0.25, 0.3) is 0 Å². The predicted molar refractivity (Wildman–Crippen MR) is 94.5 cm³/mol. The summed E-state index contributed by atoms with van der Waals surface area (Å²) in [5, 5.41) is 4.05.